The summed E-state index contributed by atoms with van der Waals surface area (Å²) in [4.78, 5) is 24.2. The lowest BCUT2D eigenvalue weighted by Gasteiger charge is -2.61. The Labute approximate surface area is 162 Å². The number of fused-ring (bicyclic) bond motifs is 5. The molecule has 0 aromatic carbocycles. The second-order valence-electron chi connectivity index (χ2n) is 9.36. The van der Waals surface area contributed by atoms with Gasteiger partial charge in [-0.25, -0.2) is 4.39 Å². The van der Waals surface area contributed by atoms with Crippen molar-refractivity contribution in [3.63, 3.8) is 0 Å². The molecule has 4 aliphatic carbocycles. The normalized spacial score (nSPS) is 52.5. The van der Waals surface area contributed by atoms with Gasteiger partial charge < -0.3 is 20.4 Å². The van der Waals surface area contributed by atoms with Crippen molar-refractivity contribution in [1.29, 1.82) is 0 Å². The van der Waals surface area contributed by atoms with Gasteiger partial charge in [-0.1, -0.05) is 24.6 Å². The van der Waals surface area contributed by atoms with Crippen LogP contribution in [0.15, 0.2) is 23.8 Å². The molecule has 0 radical (unpaired) electrons. The van der Waals surface area contributed by atoms with E-state index in [0.29, 0.717) is 5.57 Å². The van der Waals surface area contributed by atoms with Crippen LogP contribution in [-0.2, 0) is 9.59 Å². The first-order chi connectivity index (χ1) is 13.0. The van der Waals surface area contributed by atoms with E-state index in [4.69, 9.17) is 0 Å². The van der Waals surface area contributed by atoms with Crippen molar-refractivity contribution in [3.05, 3.63) is 23.8 Å². The Hall–Kier alpha value is -1.41. The van der Waals surface area contributed by atoms with Gasteiger partial charge in [-0.3, -0.25) is 9.59 Å². The second kappa shape index (κ2) is 5.81. The maximum Gasteiger partial charge on any atom is 0.192 e. The molecule has 2 saturated carbocycles. The molecule has 4 rings (SSSR count). The van der Waals surface area contributed by atoms with Crippen molar-refractivity contribution in [2.45, 2.75) is 63.0 Å². The number of Topliss-reactive ketones (excluding diaryl/α,β-unsaturated/α-hetero) is 1. The minimum absolute atomic E-state index is 0.00367. The number of rotatable bonds is 2. The van der Waals surface area contributed by atoms with Crippen molar-refractivity contribution in [2.75, 3.05) is 6.61 Å². The zero-order valence-electron chi connectivity index (χ0n) is 16.1. The van der Waals surface area contributed by atoms with Crippen LogP contribution in [0.5, 0.6) is 0 Å². The van der Waals surface area contributed by atoms with Gasteiger partial charge in [0.15, 0.2) is 22.8 Å². The molecule has 154 valence electrons. The lowest BCUT2D eigenvalue weighted by molar-refractivity contribution is -0.218. The van der Waals surface area contributed by atoms with Crippen molar-refractivity contribution in [3.8, 4) is 0 Å². The summed E-state index contributed by atoms with van der Waals surface area (Å²) in [6.07, 6.45) is 1.90. The third kappa shape index (κ3) is 2.01. The van der Waals surface area contributed by atoms with E-state index >= 15 is 4.39 Å². The van der Waals surface area contributed by atoms with Crippen LogP contribution in [0.2, 0.25) is 0 Å². The molecule has 0 aromatic rings. The van der Waals surface area contributed by atoms with Gasteiger partial charge in [0.05, 0.1) is 12.2 Å². The molecule has 0 amide bonds. The Balaban J connectivity index is 1.85. The first-order valence-corrected chi connectivity index (χ1v) is 9.80. The Kier molecular flexibility index (Phi) is 4.13. The van der Waals surface area contributed by atoms with Gasteiger partial charge in [0.25, 0.3) is 0 Å². The molecule has 4 unspecified atom stereocenters. The van der Waals surface area contributed by atoms with Crippen molar-refractivity contribution >= 4 is 11.6 Å². The molecule has 4 aliphatic rings. The number of allylic oxidation sites excluding steroid dienone is 4. The summed E-state index contributed by atoms with van der Waals surface area (Å²) in [5.41, 5.74) is -6.13. The van der Waals surface area contributed by atoms with Crippen molar-refractivity contribution in [1.82, 2.24) is 0 Å². The molecule has 2 fully saturated rings. The smallest absolute Gasteiger partial charge is 0.192 e. The van der Waals surface area contributed by atoms with Crippen LogP contribution in [0.4, 0.5) is 4.39 Å². The summed E-state index contributed by atoms with van der Waals surface area (Å²) in [7, 11) is 0. The molecule has 7 heteroatoms. The number of aliphatic hydroxyl groups is 4. The van der Waals surface area contributed by atoms with Gasteiger partial charge in [0.2, 0.25) is 0 Å². The molecular formula is C21H27FO6. The van der Waals surface area contributed by atoms with E-state index in [9.17, 15) is 30.0 Å². The molecule has 0 aromatic heterocycles. The maximum atomic E-state index is 16.8. The summed E-state index contributed by atoms with van der Waals surface area (Å²) < 4.78 is 16.8. The van der Waals surface area contributed by atoms with Crippen LogP contribution >= 0.6 is 0 Å². The van der Waals surface area contributed by atoms with Gasteiger partial charge in [-0.05, 0) is 38.2 Å². The summed E-state index contributed by atoms with van der Waals surface area (Å²) in [5, 5.41) is 42.1. The highest BCUT2D eigenvalue weighted by Gasteiger charge is 2.75. The van der Waals surface area contributed by atoms with Crippen LogP contribution in [-0.4, -0.2) is 62.1 Å². The molecule has 0 aliphatic heterocycles. The molecule has 4 N–H and O–H groups in total. The average molecular weight is 394 g/mol. The maximum absolute atomic E-state index is 16.8. The summed E-state index contributed by atoms with van der Waals surface area (Å²) in [6, 6.07) is 0. The van der Waals surface area contributed by atoms with Crippen molar-refractivity contribution < 1.29 is 34.4 Å². The Bertz CT molecular complexity index is 807. The Morgan fingerprint density at radius 1 is 1.25 bits per heavy atom. The number of hydrogen-bond donors (Lipinski definition) is 4. The van der Waals surface area contributed by atoms with E-state index in [1.54, 1.807) is 13.8 Å². The van der Waals surface area contributed by atoms with E-state index in [1.165, 1.54) is 12.2 Å². The number of carbonyl (C=O) groups is 2. The van der Waals surface area contributed by atoms with Crippen LogP contribution in [0.1, 0.15) is 39.5 Å². The summed E-state index contributed by atoms with van der Waals surface area (Å²) in [5.74, 6) is -2.34. The van der Waals surface area contributed by atoms with Gasteiger partial charge in [-0.2, -0.15) is 0 Å². The van der Waals surface area contributed by atoms with Crippen molar-refractivity contribution in [2.24, 2.45) is 22.7 Å². The predicted molar refractivity (Wildman–Crippen MR) is 96.8 cm³/mol. The van der Waals surface area contributed by atoms with Crippen LogP contribution in [0.25, 0.3) is 0 Å². The van der Waals surface area contributed by atoms with Crippen LogP contribution < -0.4 is 0 Å². The molecule has 0 bridgehead atoms. The SMILES string of the molecule is C[C@]12C=CC(=O)CC1=CCC1C3CC(O)[C@](O)(C(=O)CO)[C@@]3(C)C[C@H](O)C12F. The van der Waals surface area contributed by atoms with Gasteiger partial charge in [0.1, 0.15) is 6.61 Å². The standard InChI is InChI=1S/C21H27FO6/c1-18-6-5-12(24)7-11(18)3-4-13-14-8-15(25)21(28,17(27)10-23)19(14,2)9-16(26)20(13,18)22/h3,5-6,13-16,23,25-26,28H,4,7-10H2,1-2H3/t13?,14?,15?,16-,18-,19-,20?,21-/m0/s1. The number of halogens is 1. The van der Waals surface area contributed by atoms with E-state index in [-0.39, 0.29) is 31.5 Å². The first kappa shape index (κ1) is 19.9. The number of hydrogen-bond acceptors (Lipinski definition) is 6. The minimum atomic E-state index is -2.24. The fourth-order valence-electron chi connectivity index (χ4n) is 6.76. The molecule has 0 heterocycles. The number of carbonyl (C=O) groups excluding carboxylic acids is 2. The molecule has 8 atom stereocenters. The quantitative estimate of drug-likeness (QED) is 0.511. The van der Waals surface area contributed by atoms with Gasteiger partial charge in [-0.15, -0.1) is 0 Å². The summed E-state index contributed by atoms with van der Waals surface area (Å²) >= 11 is 0. The fraction of sp³-hybridized carbons (Fsp3) is 0.714. The monoisotopic (exact) mass is 394 g/mol. The highest BCUT2D eigenvalue weighted by atomic mass is 19.1. The number of alkyl halides is 1. The number of ketones is 2. The highest BCUT2D eigenvalue weighted by molar-refractivity contribution is 5.93. The van der Waals surface area contributed by atoms with E-state index < -0.39 is 58.5 Å². The molecule has 6 nitrogen and oxygen atoms in total. The third-order valence-corrected chi connectivity index (χ3v) is 8.39. The Morgan fingerprint density at radius 3 is 2.57 bits per heavy atom. The van der Waals surface area contributed by atoms with Crippen LogP contribution in [0, 0.1) is 22.7 Å². The molecule has 28 heavy (non-hydrogen) atoms. The lowest BCUT2D eigenvalue weighted by atomic mass is 9.45. The average Bonchev–Trinajstić information content (AvgIpc) is 2.84. The minimum Gasteiger partial charge on any atom is -0.390 e. The topological polar surface area (TPSA) is 115 Å². The lowest BCUT2D eigenvalue weighted by Crippen LogP contribution is -2.69. The Morgan fingerprint density at radius 2 is 1.93 bits per heavy atom. The second-order valence-corrected chi connectivity index (χ2v) is 9.36. The van der Waals surface area contributed by atoms with E-state index in [2.05, 4.69) is 0 Å². The van der Waals surface area contributed by atoms with Gasteiger partial charge >= 0.3 is 0 Å². The van der Waals surface area contributed by atoms with Gasteiger partial charge in [0, 0.05) is 23.2 Å². The third-order valence-electron chi connectivity index (χ3n) is 8.39. The molecule has 0 saturated heterocycles. The van der Waals surface area contributed by atoms with E-state index in [1.807, 2.05) is 6.08 Å². The number of aliphatic hydroxyl groups excluding tert-OH is 3. The van der Waals surface area contributed by atoms with E-state index in [0.717, 1.165) is 0 Å². The highest BCUT2D eigenvalue weighted by Crippen LogP contribution is 2.69. The molecule has 0 spiro atoms. The largest absolute Gasteiger partial charge is 0.390 e. The zero-order valence-corrected chi connectivity index (χ0v) is 16.1. The first-order valence-electron chi connectivity index (χ1n) is 9.80. The van der Waals surface area contributed by atoms with Crippen LogP contribution in [0.3, 0.4) is 0 Å². The molecular weight excluding hydrogens is 367 g/mol. The fourth-order valence-corrected chi connectivity index (χ4v) is 6.76. The zero-order chi connectivity index (χ0) is 20.7. The summed E-state index contributed by atoms with van der Waals surface area (Å²) in [6.45, 7) is 2.33. The predicted octanol–water partition coefficient (Wildman–Crippen LogP) is 0.620.